The van der Waals surface area contributed by atoms with Gasteiger partial charge in [-0.1, -0.05) is 24.3 Å². The van der Waals surface area contributed by atoms with E-state index in [1.807, 2.05) is 0 Å². The van der Waals surface area contributed by atoms with Crippen LogP contribution in [0.25, 0.3) is 0 Å². The molecule has 1 saturated carbocycles. The Morgan fingerprint density at radius 2 is 1.92 bits per heavy atom. The molecule has 0 aliphatic heterocycles. The molecule has 0 radical (unpaired) electrons. The molecular formula is C18H21N3O3. The zero-order chi connectivity index (χ0) is 17.1. The standard InChI is InChI=1S/C18H21N3O3/c1-12(13-7-6-8-14(11-13)21(23)24)19-20-18(22)17-15-9-4-2-3-5-10-16(15)17/h2-3,6-8,11,15-17H,4-5,9-10H2,1H3,(H,20,22)/b3-2?,19-12-/t15-,16-/m1/s1. The maximum atomic E-state index is 12.4. The van der Waals surface area contributed by atoms with Crippen LogP contribution in [-0.2, 0) is 4.79 Å². The Hall–Kier alpha value is -2.50. The van der Waals surface area contributed by atoms with Crippen molar-refractivity contribution in [2.75, 3.05) is 0 Å². The van der Waals surface area contributed by atoms with E-state index >= 15 is 0 Å². The number of allylic oxidation sites excluding steroid dienone is 2. The minimum atomic E-state index is -0.440. The highest BCUT2D eigenvalue weighted by Crippen LogP contribution is 2.52. The molecule has 24 heavy (non-hydrogen) atoms. The molecule has 0 saturated heterocycles. The van der Waals surface area contributed by atoms with Gasteiger partial charge in [0, 0.05) is 23.6 Å². The molecule has 0 unspecified atom stereocenters. The van der Waals surface area contributed by atoms with Gasteiger partial charge in [0.15, 0.2) is 0 Å². The summed E-state index contributed by atoms with van der Waals surface area (Å²) in [6, 6.07) is 6.25. The minimum absolute atomic E-state index is 0.0154. The van der Waals surface area contributed by atoms with Crippen molar-refractivity contribution in [2.24, 2.45) is 22.9 Å². The lowest BCUT2D eigenvalue weighted by Crippen LogP contribution is -2.22. The van der Waals surface area contributed by atoms with E-state index in [2.05, 4.69) is 22.7 Å². The fourth-order valence-corrected chi connectivity index (χ4v) is 3.56. The SMILES string of the molecule is C/C(=N/NC(=O)C1[C@@H]2CCC=CCC[C@@H]12)c1cccc([N+](=O)[O-])c1. The monoisotopic (exact) mass is 327 g/mol. The molecule has 0 bridgehead atoms. The number of hydrogen-bond acceptors (Lipinski definition) is 4. The molecule has 126 valence electrons. The molecule has 1 aromatic carbocycles. The molecule has 6 nitrogen and oxygen atoms in total. The summed E-state index contributed by atoms with van der Waals surface area (Å²) in [6.45, 7) is 1.74. The molecule has 2 aliphatic carbocycles. The Morgan fingerprint density at radius 3 is 2.54 bits per heavy atom. The number of carbonyl (C=O) groups is 1. The van der Waals surface area contributed by atoms with Gasteiger partial charge in [-0.25, -0.2) is 5.43 Å². The smallest absolute Gasteiger partial charge is 0.270 e. The van der Waals surface area contributed by atoms with E-state index in [-0.39, 0.29) is 17.5 Å². The van der Waals surface area contributed by atoms with Crippen molar-refractivity contribution in [3.8, 4) is 0 Å². The van der Waals surface area contributed by atoms with Gasteiger partial charge in [-0.15, -0.1) is 0 Å². The molecular weight excluding hydrogens is 306 g/mol. The molecule has 0 aromatic heterocycles. The third-order valence-corrected chi connectivity index (χ3v) is 4.94. The third kappa shape index (κ3) is 3.53. The van der Waals surface area contributed by atoms with Crippen LogP contribution in [0.4, 0.5) is 5.69 Å². The predicted molar refractivity (Wildman–Crippen MR) is 91.5 cm³/mol. The summed E-state index contributed by atoms with van der Waals surface area (Å²) in [5.41, 5.74) is 3.86. The van der Waals surface area contributed by atoms with Crippen molar-refractivity contribution >= 4 is 17.3 Å². The topological polar surface area (TPSA) is 84.6 Å². The Balaban J connectivity index is 1.62. The van der Waals surface area contributed by atoms with Crippen molar-refractivity contribution in [1.82, 2.24) is 5.43 Å². The van der Waals surface area contributed by atoms with Gasteiger partial charge in [-0.3, -0.25) is 14.9 Å². The van der Waals surface area contributed by atoms with Gasteiger partial charge in [-0.2, -0.15) is 5.10 Å². The first kappa shape index (κ1) is 16.4. The normalized spacial score (nSPS) is 26.0. The number of nitro benzene ring substituents is 1. The zero-order valence-corrected chi connectivity index (χ0v) is 13.6. The summed E-state index contributed by atoms with van der Waals surface area (Å²) >= 11 is 0. The molecule has 2 atom stereocenters. The first-order valence-electron chi connectivity index (χ1n) is 8.32. The highest BCUT2D eigenvalue weighted by atomic mass is 16.6. The van der Waals surface area contributed by atoms with Crippen LogP contribution in [0.5, 0.6) is 0 Å². The summed E-state index contributed by atoms with van der Waals surface area (Å²) in [5, 5.41) is 15.0. The fourth-order valence-electron chi connectivity index (χ4n) is 3.56. The molecule has 0 spiro atoms. The van der Waals surface area contributed by atoms with Crippen molar-refractivity contribution < 1.29 is 9.72 Å². The van der Waals surface area contributed by atoms with Gasteiger partial charge >= 0.3 is 0 Å². The predicted octanol–water partition coefficient (Wildman–Crippen LogP) is 3.43. The number of carbonyl (C=O) groups excluding carboxylic acids is 1. The van der Waals surface area contributed by atoms with Crippen LogP contribution in [0, 0.1) is 27.9 Å². The van der Waals surface area contributed by atoms with Gasteiger partial charge in [0.05, 0.1) is 10.6 Å². The Kier molecular flexibility index (Phi) is 4.74. The lowest BCUT2D eigenvalue weighted by molar-refractivity contribution is -0.384. The largest absolute Gasteiger partial charge is 0.273 e. The maximum Gasteiger partial charge on any atom is 0.270 e. The average Bonchev–Trinajstić information content (AvgIpc) is 3.23. The summed E-state index contributed by atoms with van der Waals surface area (Å²) in [5.74, 6) is 0.981. The van der Waals surface area contributed by atoms with Crippen molar-refractivity contribution in [1.29, 1.82) is 0 Å². The molecule has 3 rings (SSSR count). The highest BCUT2D eigenvalue weighted by molar-refractivity contribution is 5.99. The van der Waals surface area contributed by atoms with E-state index < -0.39 is 4.92 Å². The van der Waals surface area contributed by atoms with Gasteiger partial charge < -0.3 is 0 Å². The number of hydrogen-bond donors (Lipinski definition) is 1. The molecule has 1 N–H and O–H groups in total. The summed E-state index contributed by atoms with van der Waals surface area (Å²) in [6.07, 6.45) is 8.61. The van der Waals surface area contributed by atoms with Crippen LogP contribution in [0.3, 0.4) is 0 Å². The van der Waals surface area contributed by atoms with E-state index in [1.165, 1.54) is 12.1 Å². The zero-order valence-electron chi connectivity index (χ0n) is 13.6. The van der Waals surface area contributed by atoms with E-state index in [9.17, 15) is 14.9 Å². The average molecular weight is 327 g/mol. The van der Waals surface area contributed by atoms with Gasteiger partial charge in [-0.05, 0) is 44.4 Å². The highest BCUT2D eigenvalue weighted by Gasteiger charge is 2.53. The number of non-ortho nitro benzene ring substituents is 1. The van der Waals surface area contributed by atoms with Crippen molar-refractivity contribution in [3.05, 3.63) is 52.1 Å². The van der Waals surface area contributed by atoms with Crippen LogP contribution in [-0.4, -0.2) is 16.5 Å². The second kappa shape index (κ2) is 6.95. The number of hydrazone groups is 1. The molecule has 1 fully saturated rings. The Labute approximate surface area is 140 Å². The van der Waals surface area contributed by atoms with Gasteiger partial charge in [0.1, 0.15) is 0 Å². The maximum absolute atomic E-state index is 12.4. The number of benzene rings is 1. The second-order valence-electron chi connectivity index (χ2n) is 6.46. The van der Waals surface area contributed by atoms with E-state index in [1.54, 1.807) is 19.1 Å². The molecule has 2 aliphatic rings. The fraction of sp³-hybridized carbons (Fsp3) is 0.444. The number of nitrogens with zero attached hydrogens (tertiary/aromatic N) is 2. The Bertz CT molecular complexity index is 695. The van der Waals surface area contributed by atoms with Crippen molar-refractivity contribution in [2.45, 2.75) is 32.6 Å². The van der Waals surface area contributed by atoms with E-state index in [0.29, 0.717) is 23.1 Å². The number of fused-ring (bicyclic) bond motifs is 1. The first-order chi connectivity index (χ1) is 11.6. The molecule has 0 heterocycles. The van der Waals surface area contributed by atoms with E-state index in [0.717, 1.165) is 25.7 Å². The van der Waals surface area contributed by atoms with Crippen LogP contribution in [0.15, 0.2) is 41.5 Å². The lowest BCUT2D eigenvalue weighted by atomic mass is 10.1. The number of nitrogens with one attached hydrogen (secondary N) is 1. The minimum Gasteiger partial charge on any atom is -0.273 e. The molecule has 1 aromatic rings. The summed E-state index contributed by atoms with van der Waals surface area (Å²) in [4.78, 5) is 22.8. The number of amides is 1. The van der Waals surface area contributed by atoms with Crippen LogP contribution >= 0.6 is 0 Å². The van der Waals surface area contributed by atoms with Crippen LogP contribution in [0.1, 0.15) is 38.2 Å². The second-order valence-corrected chi connectivity index (χ2v) is 6.46. The quantitative estimate of drug-likeness (QED) is 0.398. The van der Waals surface area contributed by atoms with Crippen LogP contribution < -0.4 is 5.43 Å². The first-order valence-corrected chi connectivity index (χ1v) is 8.32. The van der Waals surface area contributed by atoms with Crippen LogP contribution in [0.2, 0.25) is 0 Å². The lowest BCUT2D eigenvalue weighted by Gasteiger charge is -2.03. The summed E-state index contributed by atoms with van der Waals surface area (Å²) in [7, 11) is 0. The molecule has 6 heteroatoms. The third-order valence-electron chi connectivity index (χ3n) is 4.94. The number of nitro groups is 1. The molecule has 1 amide bonds. The summed E-state index contributed by atoms with van der Waals surface area (Å²) < 4.78 is 0. The van der Waals surface area contributed by atoms with Gasteiger partial charge in [0.2, 0.25) is 5.91 Å². The number of rotatable bonds is 4. The van der Waals surface area contributed by atoms with Crippen molar-refractivity contribution in [3.63, 3.8) is 0 Å². The van der Waals surface area contributed by atoms with Gasteiger partial charge in [0.25, 0.3) is 5.69 Å². The Morgan fingerprint density at radius 1 is 1.25 bits per heavy atom. The van der Waals surface area contributed by atoms with E-state index in [4.69, 9.17) is 0 Å².